The average Bonchev–Trinajstić information content (AvgIpc) is 2.43. The van der Waals surface area contributed by atoms with Crippen LogP contribution in [0.15, 0.2) is 51.7 Å². The van der Waals surface area contributed by atoms with Gasteiger partial charge in [0.1, 0.15) is 11.3 Å². The maximum absolute atomic E-state index is 12.2. The number of anilines is 1. The number of benzene rings is 2. The van der Waals surface area contributed by atoms with Gasteiger partial charge in [-0.2, -0.15) is 0 Å². The molecule has 0 amide bonds. The summed E-state index contributed by atoms with van der Waals surface area (Å²) in [6, 6.07) is 12.6. The van der Waals surface area contributed by atoms with Gasteiger partial charge in [-0.1, -0.05) is 18.2 Å². The van der Waals surface area contributed by atoms with Gasteiger partial charge < -0.3 is 10.2 Å². The van der Waals surface area contributed by atoms with Crippen molar-refractivity contribution in [2.75, 3.05) is 5.73 Å². The summed E-state index contributed by atoms with van der Waals surface area (Å²) in [7, 11) is 0. The fraction of sp³-hybridized carbons (Fsp3) is 0.118. The van der Waals surface area contributed by atoms with Crippen LogP contribution < -0.4 is 11.2 Å². The number of nitrogen functional groups attached to an aromatic ring is 1. The molecule has 1 heterocycles. The Balaban J connectivity index is 2.34. The Labute approximate surface area is 116 Å². The second kappa shape index (κ2) is 4.53. The molecule has 0 atom stereocenters. The summed E-state index contributed by atoms with van der Waals surface area (Å²) in [5.41, 5.74) is 9.94. The standard InChI is InChI=1S/C17H15NO2/c1-10-6-7-14-15(19)9-16(20-17(14)11(10)2)12-4-3-5-13(18)8-12/h3-9H,18H2,1-2H3. The first kappa shape index (κ1) is 12.5. The van der Waals surface area contributed by atoms with Gasteiger partial charge in [0.05, 0.1) is 5.39 Å². The van der Waals surface area contributed by atoms with Crippen LogP contribution >= 0.6 is 0 Å². The Bertz CT molecular complexity index is 862. The number of fused-ring (bicyclic) bond motifs is 1. The second-order valence-electron chi connectivity index (χ2n) is 4.98. The summed E-state index contributed by atoms with van der Waals surface area (Å²) >= 11 is 0. The van der Waals surface area contributed by atoms with Crippen LogP contribution in [0.5, 0.6) is 0 Å². The average molecular weight is 265 g/mol. The minimum atomic E-state index is -0.0354. The number of aryl methyl sites for hydroxylation is 2. The Morgan fingerprint density at radius 3 is 2.60 bits per heavy atom. The van der Waals surface area contributed by atoms with Crippen LogP contribution in [0.3, 0.4) is 0 Å². The van der Waals surface area contributed by atoms with Gasteiger partial charge in [-0.05, 0) is 43.2 Å². The molecule has 0 aliphatic rings. The lowest BCUT2D eigenvalue weighted by Gasteiger charge is -2.07. The largest absolute Gasteiger partial charge is 0.456 e. The van der Waals surface area contributed by atoms with Crippen molar-refractivity contribution in [1.82, 2.24) is 0 Å². The summed E-state index contributed by atoms with van der Waals surface area (Å²) < 4.78 is 5.94. The lowest BCUT2D eigenvalue weighted by molar-refractivity contribution is 0.616. The van der Waals surface area contributed by atoms with E-state index in [4.69, 9.17) is 10.2 Å². The van der Waals surface area contributed by atoms with E-state index in [-0.39, 0.29) is 5.43 Å². The predicted octanol–water partition coefficient (Wildman–Crippen LogP) is 3.66. The SMILES string of the molecule is Cc1ccc2c(=O)cc(-c3cccc(N)c3)oc2c1C. The molecule has 1 aromatic heterocycles. The van der Waals surface area contributed by atoms with Crippen LogP contribution in [0.4, 0.5) is 5.69 Å². The number of rotatable bonds is 1. The number of nitrogens with two attached hydrogens (primary N) is 1. The summed E-state index contributed by atoms with van der Waals surface area (Å²) in [6.45, 7) is 3.96. The van der Waals surface area contributed by atoms with Crippen molar-refractivity contribution in [2.24, 2.45) is 0 Å². The second-order valence-corrected chi connectivity index (χ2v) is 4.98. The van der Waals surface area contributed by atoms with E-state index in [0.717, 1.165) is 16.7 Å². The van der Waals surface area contributed by atoms with Crippen molar-refractivity contribution in [3.8, 4) is 11.3 Å². The van der Waals surface area contributed by atoms with Gasteiger partial charge in [-0.25, -0.2) is 0 Å². The van der Waals surface area contributed by atoms with Gasteiger partial charge in [-0.3, -0.25) is 4.79 Å². The van der Waals surface area contributed by atoms with Crippen LogP contribution in [0.25, 0.3) is 22.3 Å². The topological polar surface area (TPSA) is 56.2 Å². The molecule has 3 nitrogen and oxygen atoms in total. The maximum atomic E-state index is 12.2. The Morgan fingerprint density at radius 1 is 1.05 bits per heavy atom. The van der Waals surface area contributed by atoms with Crippen LogP contribution in [0.1, 0.15) is 11.1 Å². The zero-order valence-electron chi connectivity index (χ0n) is 11.4. The third-order valence-corrected chi connectivity index (χ3v) is 3.59. The molecule has 0 unspecified atom stereocenters. The lowest BCUT2D eigenvalue weighted by Crippen LogP contribution is -2.02. The molecule has 3 rings (SSSR count). The van der Waals surface area contributed by atoms with E-state index < -0.39 is 0 Å². The fourth-order valence-electron chi connectivity index (χ4n) is 2.29. The van der Waals surface area contributed by atoms with Crippen molar-refractivity contribution in [3.05, 3.63) is 63.8 Å². The van der Waals surface area contributed by atoms with Gasteiger partial charge in [-0.15, -0.1) is 0 Å². The van der Waals surface area contributed by atoms with E-state index in [9.17, 15) is 4.79 Å². The smallest absolute Gasteiger partial charge is 0.193 e. The van der Waals surface area contributed by atoms with Crippen LogP contribution in [-0.4, -0.2) is 0 Å². The van der Waals surface area contributed by atoms with E-state index >= 15 is 0 Å². The van der Waals surface area contributed by atoms with E-state index in [1.807, 2.05) is 38.1 Å². The van der Waals surface area contributed by atoms with Crippen molar-refractivity contribution in [2.45, 2.75) is 13.8 Å². The van der Waals surface area contributed by atoms with Crippen LogP contribution in [0.2, 0.25) is 0 Å². The Morgan fingerprint density at radius 2 is 1.85 bits per heavy atom. The first-order chi connectivity index (χ1) is 9.56. The fourth-order valence-corrected chi connectivity index (χ4v) is 2.29. The summed E-state index contributed by atoms with van der Waals surface area (Å²) in [5, 5.41) is 0.612. The Kier molecular flexibility index (Phi) is 2.83. The minimum Gasteiger partial charge on any atom is -0.456 e. The zero-order chi connectivity index (χ0) is 14.3. The molecule has 100 valence electrons. The molecule has 0 saturated heterocycles. The third-order valence-electron chi connectivity index (χ3n) is 3.59. The van der Waals surface area contributed by atoms with E-state index in [0.29, 0.717) is 22.4 Å². The number of hydrogen-bond acceptors (Lipinski definition) is 3. The van der Waals surface area contributed by atoms with Gasteiger partial charge >= 0.3 is 0 Å². The van der Waals surface area contributed by atoms with Crippen LogP contribution in [0, 0.1) is 13.8 Å². The molecule has 0 fully saturated rings. The molecular weight excluding hydrogens is 250 g/mol. The van der Waals surface area contributed by atoms with Crippen molar-refractivity contribution >= 4 is 16.7 Å². The van der Waals surface area contributed by atoms with Gasteiger partial charge in [0.15, 0.2) is 5.43 Å². The van der Waals surface area contributed by atoms with Crippen LogP contribution in [-0.2, 0) is 0 Å². The molecule has 0 aliphatic heterocycles. The lowest BCUT2D eigenvalue weighted by atomic mass is 10.0. The van der Waals surface area contributed by atoms with Crippen molar-refractivity contribution in [3.63, 3.8) is 0 Å². The minimum absolute atomic E-state index is 0.0354. The van der Waals surface area contributed by atoms with Crippen molar-refractivity contribution < 1.29 is 4.42 Å². The van der Waals surface area contributed by atoms with E-state index in [1.165, 1.54) is 6.07 Å². The third kappa shape index (κ3) is 1.97. The molecule has 0 saturated carbocycles. The first-order valence-electron chi connectivity index (χ1n) is 6.46. The molecule has 2 aromatic carbocycles. The highest BCUT2D eigenvalue weighted by Crippen LogP contribution is 2.26. The molecule has 0 bridgehead atoms. The predicted molar refractivity (Wildman–Crippen MR) is 81.8 cm³/mol. The Hall–Kier alpha value is -2.55. The zero-order valence-corrected chi connectivity index (χ0v) is 11.4. The molecule has 3 heteroatoms. The highest BCUT2D eigenvalue weighted by atomic mass is 16.3. The van der Waals surface area contributed by atoms with E-state index in [1.54, 1.807) is 12.1 Å². The monoisotopic (exact) mass is 265 g/mol. The normalized spacial score (nSPS) is 10.9. The first-order valence-corrected chi connectivity index (χ1v) is 6.46. The molecular formula is C17H15NO2. The van der Waals surface area contributed by atoms with Gasteiger partial charge in [0.25, 0.3) is 0 Å². The maximum Gasteiger partial charge on any atom is 0.193 e. The van der Waals surface area contributed by atoms with Gasteiger partial charge in [0, 0.05) is 17.3 Å². The molecule has 0 aliphatic carbocycles. The number of hydrogen-bond donors (Lipinski definition) is 1. The molecule has 0 radical (unpaired) electrons. The quantitative estimate of drug-likeness (QED) is 0.683. The molecule has 0 spiro atoms. The van der Waals surface area contributed by atoms with Gasteiger partial charge in [0.2, 0.25) is 0 Å². The molecule has 3 aromatic rings. The summed E-state index contributed by atoms with van der Waals surface area (Å²) in [4.78, 5) is 12.2. The highest BCUT2D eigenvalue weighted by Gasteiger charge is 2.10. The summed E-state index contributed by atoms with van der Waals surface area (Å²) in [5.74, 6) is 0.545. The summed E-state index contributed by atoms with van der Waals surface area (Å²) in [6.07, 6.45) is 0. The highest BCUT2D eigenvalue weighted by molar-refractivity contribution is 5.82. The van der Waals surface area contributed by atoms with Crippen molar-refractivity contribution in [1.29, 1.82) is 0 Å². The molecule has 2 N–H and O–H groups in total. The molecule has 20 heavy (non-hydrogen) atoms. The van der Waals surface area contributed by atoms with E-state index in [2.05, 4.69) is 0 Å².